The predicted octanol–water partition coefficient (Wildman–Crippen LogP) is 7.98. The molecule has 0 radical (unpaired) electrons. The van der Waals surface area contributed by atoms with Crippen LogP contribution in [0.2, 0.25) is 5.02 Å². The number of rotatable bonds is 7. The lowest BCUT2D eigenvalue weighted by molar-refractivity contribution is 0.112. The van der Waals surface area contributed by atoms with E-state index in [1.807, 2.05) is 43.3 Å². The number of carbonyl (C=O) groups excluding carboxylic acids is 1. The van der Waals surface area contributed by atoms with Crippen molar-refractivity contribution in [3.8, 4) is 28.3 Å². The maximum absolute atomic E-state index is 13.6. The van der Waals surface area contributed by atoms with Crippen molar-refractivity contribution in [3.63, 3.8) is 0 Å². The average molecular weight is 611 g/mol. The van der Waals surface area contributed by atoms with Gasteiger partial charge < -0.3 is 10.1 Å². The molecule has 7 nitrogen and oxygen atoms in total. The number of pyridine rings is 2. The molecule has 0 atom stereocenters. The first-order valence-electron chi connectivity index (χ1n) is 11.6. The van der Waals surface area contributed by atoms with Gasteiger partial charge in [0.25, 0.3) is 6.43 Å². The molecular weight excluding hydrogens is 592 g/mol. The second-order valence-electron chi connectivity index (χ2n) is 8.44. The number of nitrogens with one attached hydrogen (secondary N) is 1. The fourth-order valence-corrected chi connectivity index (χ4v) is 4.82. The number of hydrogen-bond acceptors (Lipinski definition) is 7. The zero-order valence-corrected chi connectivity index (χ0v) is 22.9. The van der Waals surface area contributed by atoms with Crippen LogP contribution in [0.1, 0.15) is 28.2 Å². The molecule has 5 rings (SSSR count). The van der Waals surface area contributed by atoms with E-state index in [4.69, 9.17) is 16.3 Å². The molecule has 0 aliphatic heterocycles. The molecule has 0 spiro atoms. The maximum Gasteiger partial charge on any atom is 0.297 e. The summed E-state index contributed by atoms with van der Waals surface area (Å²) in [6.45, 7) is 1.89. The first-order valence-corrected chi connectivity index (χ1v) is 12.7. The Labute approximate surface area is 235 Å². The minimum Gasteiger partial charge on any atom is -0.480 e. The minimum absolute atomic E-state index is 0.162. The Morgan fingerprint density at radius 2 is 1.77 bits per heavy atom. The Morgan fingerprint density at radius 1 is 1.03 bits per heavy atom. The Kier molecular flexibility index (Phi) is 7.49. The average Bonchev–Trinajstić information content (AvgIpc) is 2.93. The van der Waals surface area contributed by atoms with E-state index in [-0.39, 0.29) is 17.2 Å². The largest absolute Gasteiger partial charge is 0.480 e. The van der Waals surface area contributed by atoms with Crippen molar-refractivity contribution in [1.82, 2.24) is 19.9 Å². The van der Waals surface area contributed by atoms with E-state index in [2.05, 4.69) is 41.2 Å². The van der Waals surface area contributed by atoms with Crippen molar-refractivity contribution in [2.45, 2.75) is 13.3 Å². The van der Waals surface area contributed by atoms with Gasteiger partial charge in [-0.2, -0.15) is 0 Å². The predicted molar refractivity (Wildman–Crippen MR) is 150 cm³/mol. The van der Waals surface area contributed by atoms with Gasteiger partial charge in [-0.15, -0.1) is 0 Å². The number of halogens is 4. The number of benzene rings is 2. The van der Waals surface area contributed by atoms with Crippen LogP contribution in [0.5, 0.6) is 5.88 Å². The van der Waals surface area contributed by atoms with Crippen molar-refractivity contribution in [3.05, 3.63) is 87.2 Å². The number of fused-ring (bicyclic) bond motifs is 1. The quantitative estimate of drug-likeness (QED) is 0.187. The number of anilines is 2. The molecule has 3 aromatic heterocycles. The van der Waals surface area contributed by atoms with Gasteiger partial charge in [-0.1, -0.05) is 41.9 Å². The van der Waals surface area contributed by atoms with Gasteiger partial charge in [0.05, 0.1) is 28.9 Å². The lowest BCUT2D eigenvalue weighted by atomic mass is 9.96. The van der Waals surface area contributed by atoms with Crippen LogP contribution < -0.4 is 10.1 Å². The second kappa shape index (κ2) is 11.0. The number of nitrogens with zero attached hydrogens (tertiary/aromatic N) is 4. The topological polar surface area (TPSA) is 89.9 Å². The molecule has 3 heterocycles. The molecule has 1 N–H and O–H groups in total. The van der Waals surface area contributed by atoms with Crippen molar-refractivity contribution in [2.24, 2.45) is 0 Å². The fraction of sp³-hybridized carbons (Fsp3) is 0.107. The highest BCUT2D eigenvalue weighted by atomic mass is 79.9. The summed E-state index contributed by atoms with van der Waals surface area (Å²) in [5.74, 6) is -0.236. The van der Waals surface area contributed by atoms with E-state index >= 15 is 0 Å². The molecule has 39 heavy (non-hydrogen) atoms. The summed E-state index contributed by atoms with van der Waals surface area (Å²) in [6, 6.07) is 16.1. The first-order chi connectivity index (χ1) is 18.8. The molecule has 0 amide bonds. The zero-order valence-electron chi connectivity index (χ0n) is 20.5. The Morgan fingerprint density at radius 3 is 2.51 bits per heavy atom. The maximum atomic E-state index is 13.6. The second-order valence-corrected chi connectivity index (χ2v) is 9.73. The molecule has 11 heteroatoms. The lowest BCUT2D eigenvalue weighted by Gasteiger charge is -2.17. The number of aromatic nitrogens is 4. The molecule has 0 aliphatic rings. The van der Waals surface area contributed by atoms with Crippen LogP contribution in [0.15, 0.2) is 65.3 Å². The summed E-state index contributed by atoms with van der Waals surface area (Å²) >= 11 is 10.2. The number of ether oxygens (including phenoxy) is 1. The van der Waals surface area contributed by atoms with Crippen LogP contribution in [0.25, 0.3) is 33.4 Å². The molecule has 0 unspecified atom stereocenters. The van der Waals surface area contributed by atoms with E-state index in [1.165, 1.54) is 7.11 Å². The highest BCUT2D eigenvalue weighted by Gasteiger charge is 2.19. The SMILES string of the molecule is COc1nc(-c2cccc(-c3cccc(Nc4nc(C(F)F)nc5cc(Br)cnc45)c3C)c2Cl)ccc1C=O. The molecule has 5 aromatic rings. The third-order valence-corrected chi connectivity index (χ3v) is 6.92. The van der Waals surface area contributed by atoms with Crippen LogP contribution in [0, 0.1) is 6.92 Å². The summed E-state index contributed by atoms with van der Waals surface area (Å²) in [7, 11) is 1.44. The third-order valence-electron chi connectivity index (χ3n) is 6.08. The fourth-order valence-electron chi connectivity index (χ4n) is 4.18. The molecule has 0 aliphatic carbocycles. The number of alkyl halides is 2. The van der Waals surface area contributed by atoms with Gasteiger partial charge in [-0.05, 0) is 58.2 Å². The van der Waals surface area contributed by atoms with Crippen molar-refractivity contribution in [2.75, 3.05) is 12.4 Å². The molecule has 2 aromatic carbocycles. The Balaban J connectivity index is 1.58. The summed E-state index contributed by atoms with van der Waals surface area (Å²) in [5, 5.41) is 3.62. The van der Waals surface area contributed by atoms with E-state index in [0.717, 1.165) is 16.7 Å². The van der Waals surface area contributed by atoms with Gasteiger partial charge in [0.1, 0.15) is 5.52 Å². The summed E-state index contributed by atoms with van der Waals surface area (Å²) in [5.41, 5.74) is 5.15. The van der Waals surface area contributed by atoms with Crippen LogP contribution in [0.3, 0.4) is 0 Å². The van der Waals surface area contributed by atoms with Crippen LogP contribution in [0.4, 0.5) is 20.3 Å². The summed E-state index contributed by atoms with van der Waals surface area (Å²) in [4.78, 5) is 28.1. The van der Waals surface area contributed by atoms with Crippen molar-refractivity contribution in [1.29, 1.82) is 0 Å². The molecule has 0 saturated carbocycles. The van der Waals surface area contributed by atoms with Crippen LogP contribution >= 0.6 is 27.5 Å². The van der Waals surface area contributed by atoms with Gasteiger partial charge in [-0.25, -0.2) is 28.7 Å². The number of aldehydes is 1. The Bertz CT molecular complexity index is 1740. The third kappa shape index (κ3) is 5.17. The lowest BCUT2D eigenvalue weighted by Crippen LogP contribution is -2.04. The minimum atomic E-state index is -2.85. The van der Waals surface area contributed by atoms with E-state index < -0.39 is 12.2 Å². The van der Waals surface area contributed by atoms with Crippen LogP contribution in [-0.4, -0.2) is 33.3 Å². The van der Waals surface area contributed by atoms with E-state index in [1.54, 1.807) is 24.4 Å². The highest BCUT2D eigenvalue weighted by Crippen LogP contribution is 2.40. The van der Waals surface area contributed by atoms with Gasteiger partial charge in [0, 0.05) is 27.5 Å². The smallest absolute Gasteiger partial charge is 0.297 e. The summed E-state index contributed by atoms with van der Waals surface area (Å²) < 4.78 is 33.0. The standard InChI is InChI=1S/C28H19BrClF2N5O2/c1-14-17(18-6-3-7-19(23(18)30)21-10-9-15(13-38)28(36-21)39-2)5-4-8-20(14)34-26-24-22(11-16(29)12-33-24)35-27(37-26)25(31)32/h3-13,25H,1-2H3,(H,34,35,37). The van der Waals surface area contributed by atoms with E-state index in [0.29, 0.717) is 43.8 Å². The number of carbonyl (C=O) groups is 1. The number of hydrogen-bond donors (Lipinski definition) is 1. The zero-order chi connectivity index (χ0) is 27.7. The summed E-state index contributed by atoms with van der Waals surface area (Å²) in [6.07, 6.45) is -0.622. The van der Waals surface area contributed by atoms with Gasteiger partial charge in [0.2, 0.25) is 5.88 Å². The molecule has 0 fully saturated rings. The molecule has 0 saturated heterocycles. The molecular formula is C28H19BrClF2N5O2. The number of methoxy groups -OCH3 is 1. The van der Waals surface area contributed by atoms with E-state index in [9.17, 15) is 13.6 Å². The Hall–Kier alpha value is -4.02. The van der Waals surface area contributed by atoms with Gasteiger partial charge in [-0.3, -0.25) is 4.79 Å². The first kappa shape index (κ1) is 26.6. The highest BCUT2D eigenvalue weighted by molar-refractivity contribution is 9.10. The van der Waals surface area contributed by atoms with Crippen LogP contribution in [-0.2, 0) is 0 Å². The monoisotopic (exact) mass is 609 g/mol. The molecule has 0 bridgehead atoms. The molecule has 196 valence electrons. The van der Waals surface area contributed by atoms with Crippen molar-refractivity contribution < 1.29 is 18.3 Å². The van der Waals surface area contributed by atoms with Gasteiger partial charge >= 0.3 is 0 Å². The normalized spacial score (nSPS) is 11.2. The van der Waals surface area contributed by atoms with Gasteiger partial charge in [0.15, 0.2) is 17.9 Å². The van der Waals surface area contributed by atoms with Crippen molar-refractivity contribution >= 4 is 56.4 Å².